The van der Waals surface area contributed by atoms with Crippen molar-refractivity contribution in [3.8, 4) is 0 Å². The maximum atomic E-state index is 12.7. The van der Waals surface area contributed by atoms with Crippen LogP contribution in [-0.4, -0.2) is 4.98 Å². The minimum atomic E-state index is -1.12. The second-order valence-corrected chi connectivity index (χ2v) is 3.34. The van der Waals surface area contributed by atoms with Gasteiger partial charge in [-0.1, -0.05) is 20.8 Å². The third kappa shape index (κ3) is 1.56. The van der Waals surface area contributed by atoms with E-state index in [0.717, 1.165) is 0 Å². The Labute approximate surface area is 63.2 Å². The fourth-order valence-electron chi connectivity index (χ4n) is 0.740. The lowest BCUT2D eigenvalue weighted by Gasteiger charge is -2.12. The van der Waals surface area contributed by atoms with Crippen molar-refractivity contribution in [1.82, 2.24) is 4.98 Å². The predicted octanol–water partition coefficient (Wildman–Crippen LogP) is 2.25. The molecule has 0 amide bonds. The van der Waals surface area contributed by atoms with E-state index in [1.54, 1.807) is 20.8 Å². The zero-order valence-corrected chi connectivity index (χ0v) is 6.61. The van der Waals surface area contributed by atoms with Crippen molar-refractivity contribution < 1.29 is 13.2 Å². The van der Waals surface area contributed by atoms with Crippen LogP contribution in [0.5, 0.6) is 0 Å². The summed E-state index contributed by atoms with van der Waals surface area (Å²) in [6, 6.07) is 0. The Morgan fingerprint density at radius 3 is 2.00 bits per heavy atom. The van der Waals surface area contributed by atoms with Gasteiger partial charge in [0.1, 0.15) is 0 Å². The molecule has 62 valence electrons. The lowest BCUT2D eigenvalue weighted by Crippen LogP contribution is -2.11. The first kappa shape index (κ1) is 8.17. The minimum absolute atomic E-state index is 0.0463. The quantitative estimate of drug-likeness (QED) is 0.583. The predicted molar refractivity (Wildman–Crippen MR) is 35.1 cm³/mol. The first-order valence-electron chi connectivity index (χ1n) is 3.23. The number of oxazole rings is 1. The highest BCUT2D eigenvalue weighted by molar-refractivity contribution is 5.05. The van der Waals surface area contributed by atoms with E-state index < -0.39 is 17.5 Å². The molecule has 0 radical (unpaired) electrons. The highest BCUT2D eigenvalue weighted by Crippen LogP contribution is 2.24. The molecule has 0 fully saturated rings. The molecular formula is C7H9F2NO. The second kappa shape index (κ2) is 2.29. The molecule has 0 aliphatic carbocycles. The van der Waals surface area contributed by atoms with E-state index in [-0.39, 0.29) is 5.76 Å². The van der Waals surface area contributed by atoms with Crippen molar-refractivity contribution in [2.75, 3.05) is 0 Å². The van der Waals surface area contributed by atoms with Gasteiger partial charge in [-0.15, -0.1) is 4.39 Å². The summed E-state index contributed by atoms with van der Waals surface area (Å²) in [5, 5.41) is 0. The van der Waals surface area contributed by atoms with Crippen molar-refractivity contribution >= 4 is 0 Å². The van der Waals surface area contributed by atoms with Crippen LogP contribution < -0.4 is 0 Å². The van der Waals surface area contributed by atoms with E-state index in [0.29, 0.717) is 0 Å². The van der Waals surface area contributed by atoms with E-state index in [1.807, 2.05) is 0 Å². The smallest absolute Gasteiger partial charge is 0.384 e. The Bertz CT molecular complexity index is 262. The fraction of sp³-hybridized carbons (Fsp3) is 0.571. The Kier molecular flexibility index (Phi) is 1.70. The molecule has 1 aromatic rings. The molecule has 0 saturated heterocycles. The average molecular weight is 161 g/mol. The number of rotatable bonds is 0. The summed E-state index contributed by atoms with van der Waals surface area (Å²) in [5.41, 5.74) is -0.540. The van der Waals surface area contributed by atoms with Gasteiger partial charge in [0.15, 0.2) is 5.76 Å². The molecule has 0 spiro atoms. The van der Waals surface area contributed by atoms with Crippen molar-refractivity contribution in [3.63, 3.8) is 0 Å². The maximum Gasteiger partial charge on any atom is 0.384 e. The van der Waals surface area contributed by atoms with Crippen molar-refractivity contribution in [3.05, 3.63) is 17.9 Å². The number of aromatic nitrogens is 1. The fourth-order valence-corrected chi connectivity index (χ4v) is 0.740. The van der Waals surface area contributed by atoms with Crippen LogP contribution in [0.3, 0.4) is 0 Å². The normalized spacial score (nSPS) is 12.1. The monoisotopic (exact) mass is 161 g/mol. The summed E-state index contributed by atoms with van der Waals surface area (Å²) >= 11 is 0. The molecule has 0 aliphatic rings. The van der Waals surface area contributed by atoms with E-state index >= 15 is 0 Å². The van der Waals surface area contributed by atoms with Crippen LogP contribution in [0.2, 0.25) is 0 Å². The van der Waals surface area contributed by atoms with Gasteiger partial charge in [0.05, 0.1) is 0 Å². The van der Waals surface area contributed by atoms with E-state index in [1.165, 1.54) is 0 Å². The summed E-state index contributed by atoms with van der Waals surface area (Å²) in [7, 11) is 0. The third-order valence-electron chi connectivity index (χ3n) is 1.24. The van der Waals surface area contributed by atoms with Crippen molar-refractivity contribution in [1.29, 1.82) is 0 Å². The first-order valence-corrected chi connectivity index (χ1v) is 3.23. The third-order valence-corrected chi connectivity index (χ3v) is 1.24. The Morgan fingerprint density at radius 2 is 1.82 bits per heavy atom. The molecule has 0 N–H and O–H groups in total. The van der Waals surface area contributed by atoms with Gasteiger partial charge in [-0.2, -0.15) is 9.37 Å². The number of nitrogens with zero attached hydrogens (tertiary/aromatic N) is 1. The van der Waals surface area contributed by atoms with E-state index in [2.05, 4.69) is 9.40 Å². The molecule has 1 heterocycles. The molecule has 1 rings (SSSR count). The second-order valence-electron chi connectivity index (χ2n) is 3.34. The van der Waals surface area contributed by atoms with Crippen molar-refractivity contribution in [2.45, 2.75) is 26.2 Å². The zero-order chi connectivity index (χ0) is 8.65. The molecule has 1 aromatic heterocycles. The molecule has 0 unspecified atom stereocenters. The van der Waals surface area contributed by atoms with Gasteiger partial charge in [-0.05, 0) is 0 Å². The average Bonchev–Trinajstić information content (AvgIpc) is 2.08. The molecule has 4 heteroatoms. The van der Waals surface area contributed by atoms with Gasteiger partial charge >= 0.3 is 6.14 Å². The van der Waals surface area contributed by atoms with Crippen LogP contribution in [0.4, 0.5) is 8.78 Å². The molecular weight excluding hydrogens is 152 g/mol. The molecule has 0 atom stereocenters. The Hall–Kier alpha value is -0.930. The van der Waals surface area contributed by atoms with Crippen LogP contribution >= 0.6 is 0 Å². The van der Waals surface area contributed by atoms with Gasteiger partial charge in [0.25, 0.3) is 5.95 Å². The standard InChI is InChI=1S/C7H9F2NO/c1-7(2,3)4-5(8)10-6(9)11-4/h1-3H3. The summed E-state index contributed by atoms with van der Waals surface area (Å²) in [4.78, 5) is 2.88. The molecule has 0 aliphatic heterocycles. The largest absolute Gasteiger partial charge is 0.416 e. The maximum absolute atomic E-state index is 12.7. The summed E-state index contributed by atoms with van der Waals surface area (Å²) in [6.45, 7) is 5.15. The summed E-state index contributed by atoms with van der Waals surface area (Å²) in [5.74, 6) is -0.912. The van der Waals surface area contributed by atoms with Gasteiger partial charge in [0.2, 0.25) is 0 Å². The molecule has 11 heavy (non-hydrogen) atoms. The summed E-state index contributed by atoms with van der Waals surface area (Å²) in [6.07, 6.45) is -1.12. The SMILES string of the molecule is CC(C)(C)c1oc(F)nc1F. The van der Waals surface area contributed by atoms with Gasteiger partial charge in [0, 0.05) is 5.41 Å². The molecule has 0 saturated carbocycles. The lowest BCUT2D eigenvalue weighted by molar-refractivity contribution is 0.287. The van der Waals surface area contributed by atoms with Crippen LogP contribution in [-0.2, 0) is 5.41 Å². The molecule has 0 bridgehead atoms. The van der Waals surface area contributed by atoms with Crippen LogP contribution in [0.1, 0.15) is 26.5 Å². The van der Waals surface area contributed by atoms with Gasteiger partial charge in [-0.3, -0.25) is 0 Å². The molecule has 2 nitrogen and oxygen atoms in total. The van der Waals surface area contributed by atoms with Crippen LogP contribution in [0.25, 0.3) is 0 Å². The first-order chi connectivity index (χ1) is 4.91. The number of halogens is 2. The Balaban J connectivity index is 3.13. The van der Waals surface area contributed by atoms with Crippen LogP contribution in [0, 0.1) is 12.1 Å². The minimum Gasteiger partial charge on any atom is -0.416 e. The topological polar surface area (TPSA) is 26.0 Å². The zero-order valence-electron chi connectivity index (χ0n) is 6.61. The van der Waals surface area contributed by atoms with E-state index in [4.69, 9.17) is 0 Å². The van der Waals surface area contributed by atoms with Crippen molar-refractivity contribution in [2.24, 2.45) is 0 Å². The Morgan fingerprint density at radius 1 is 1.27 bits per heavy atom. The summed E-state index contributed by atoms with van der Waals surface area (Å²) < 4.78 is 29.3. The van der Waals surface area contributed by atoms with Crippen LogP contribution in [0.15, 0.2) is 4.42 Å². The highest BCUT2D eigenvalue weighted by Gasteiger charge is 2.25. The van der Waals surface area contributed by atoms with E-state index in [9.17, 15) is 8.78 Å². The van der Waals surface area contributed by atoms with Gasteiger partial charge < -0.3 is 4.42 Å². The van der Waals surface area contributed by atoms with Gasteiger partial charge in [-0.25, -0.2) is 0 Å². The molecule has 0 aromatic carbocycles. The number of hydrogen-bond acceptors (Lipinski definition) is 2. The number of hydrogen-bond donors (Lipinski definition) is 0. The highest BCUT2D eigenvalue weighted by atomic mass is 19.1. The lowest BCUT2D eigenvalue weighted by atomic mass is 9.94.